The Hall–Kier alpha value is -1.14. The SMILES string of the molecule is CCCCCN(C(=O)CCCCSC(C)C)c1ccccc1SCCCC(=O)OCC. The first-order valence-corrected chi connectivity index (χ1v) is 13.8. The summed E-state index contributed by atoms with van der Waals surface area (Å²) in [6, 6.07) is 8.18. The van der Waals surface area contributed by atoms with E-state index in [-0.39, 0.29) is 11.9 Å². The Kier molecular flexibility index (Phi) is 15.7. The van der Waals surface area contributed by atoms with Crippen LogP contribution in [0.15, 0.2) is 29.2 Å². The Morgan fingerprint density at radius 2 is 1.74 bits per heavy atom. The molecule has 0 saturated heterocycles. The van der Waals surface area contributed by atoms with Crippen molar-refractivity contribution in [3.63, 3.8) is 0 Å². The molecule has 0 aliphatic carbocycles. The number of hydrogen-bond donors (Lipinski definition) is 0. The maximum Gasteiger partial charge on any atom is 0.305 e. The second-order valence-corrected chi connectivity index (χ2v) is 10.7. The van der Waals surface area contributed by atoms with E-state index in [2.05, 4.69) is 32.9 Å². The summed E-state index contributed by atoms with van der Waals surface area (Å²) >= 11 is 3.68. The molecule has 1 rings (SSSR count). The summed E-state index contributed by atoms with van der Waals surface area (Å²) in [4.78, 5) is 27.8. The van der Waals surface area contributed by atoms with Gasteiger partial charge in [0.25, 0.3) is 0 Å². The number of carbonyl (C=O) groups is 2. The van der Waals surface area contributed by atoms with Crippen molar-refractivity contribution in [2.75, 3.05) is 29.6 Å². The van der Waals surface area contributed by atoms with Crippen LogP contribution in [-0.4, -0.2) is 41.8 Å². The summed E-state index contributed by atoms with van der Waals surface area (Å²) in [7, 11) is 0. The van der Waals surface area contributed by atoms with E-state index in [0.29, 0.717) is 24.7 Å². The topological polar surface area (TPSA) is 46.6 Å². The van der Waals surface area contributed by atoms with Crippen LogP contribution in [0.4, 0.5) is 5.69 Å². The fourth-order valence-electron chi connectivity index (χ4n) is 3.17. The van der Waals surface area contributed by atoms with Crippen LogP contribution in [0.3, 0.4) is 0 Å². The lowest BCUT2D eigenvalue weighted by Crippen LogP contribution is -2.32. The van der Waals surface area contributed by atoms with E-state index in [4.69, 9.17) is 4.74 Å². The van der Waals surface area contributed by atoms with Crippen LogP contribution in [0.2, 0.25) is 0 Å². The average Bonchev–Trinajstić information content (AvgIpc) is 2.74. The maximum absolute atomic E-state index is 13.1. The van der Waals surface area contributed by atoms with Crippen molar-refractivity contribution in [3.8, 4) is 0 Å². The van der Waals surface area contributed by atoms with E-state index >= 15 is 0 Å². The van der Waals surface area contributed by atoms with Gasteiger partial charge in [-0.2, -0.15) is 11.8 Å². The molecule has 176 valence electrons. The number of esters is 1. The molecule has 1 amide bonds. The van der Waals surface area contributed by atoms with Gasteiger partial charge in [0.05, 0.1) is 12.3 Å². The molecule has 0 radical (unpaired) electrons. The van der Waals surface area contributed by atoms with Gasteiger partial charge in [0.2, 0.25) is 5.91 Å². The number of benzene rings is 1. The number of unbranched alkanes of at least 4 members (excludes halogenated alkanes) is 3. The molecule has 0 aliphatic rings. The number of anilines is 1. The molecule has 0 saturated carbocycles. The highest BCUT2D eigenvalue weighted by Crippen LogP contribution is 2.32. The standard InChI is InChI=1S/C25H41NO3S2/c1-5-7-11-18-26(24(27)16-10-12-19-30-21(3)4)22-14-8-9-15-23(22)31-20-13-17-25(28)29-6-2/h8-9,14-15,21H,5-7,10-13,16-20H2,1-4H3. The number of carbonyl (C=O) groups excluding carboxylic acids is 2. The van der Waals surface area contributed by atoms with Crippen LogP contribution in [0, 0.1) is 0 Å². The molecule has 0 aliphatic heterocycles. The zero-order valence-corrected chi connectivity index (χ0v) is 21.5. The van der Waals surface area contributed by atoms with Crippen LogP contribution in [0.5, 0.6) is 0 Å². The number of hydrogen-bond acceptors (Lipinski definition) is 5. The monoisotopic (exact) mass is 467 g/mol. The van der Waals surface area contributed by atoms with Gasteiger partial charge in [-0.3, -0.25) is 9.59 Å². The van der Waals surface area contributed by atoms with Gasteiger partial charge in [-0.05, 0) is 61.5 Å². The van der Waals surface area contributed by atoms with E-state index in [1.807, 2.05) is 35.7 Å². The van der Waals surface area contributed by atoms with Crippen molar-refractivity contribution in [2.45, 2.75) is 89.2 Å². The van der Waals surface area contributed by atoms with Gasteiger partial charge in [0.1, 0.15) is 0 Å². The Labute approximate surface area is 198 Å². The quantitative estimate of drug-likeness (QED) is 0.141. The Balaban J connectivity index is 2.71. The second kappa shape index (κ2) is 17.4. The van der Waals surface area contributed by atoms with E-state index in [1.54, 1.807) is 11.8 Å². The van der Waals surface area contributed by atoms with Gasteiger partial charge < -0.3 is 9.64 Å². The lowest BCUT2D eigenvalue weighted by atomic mass is 10.2. The highest BCUT2D eigenvalue weighted by Gasteiger charge is 2.18. The van der Waals surface area contributed by atoms with Gasteiger partial charge >= 0.3 is 5.97 Å². The van der Waals surface area contributed by atoms with Crippen molar-refractivity contribution in [3.05, 3.63) is 24.3 Å². The minimum atomic E-state index is -0.136. The molecule has 1 aromatic rings. The number of thioether (sulfide) groups is 2. The third-order valence-electron chi connectivity index (χ3n) is 4.77. The zero-order chi connectivity index (χ0) is 22.9. The summed E-state index contributed by atoms with van der Waals surface area (Å²) in [6.45, 7) is 9.65. The number of ether oxygens (including phenoxy) is 1. The van der Waals surface area contributed by atoms with Gasteiger partial charge in [0, 0.05) is 24.3 Å². The summed E-state index contributed by atoms with van der Waals surface area (Å²) in [5, 5.41) is 0.647. The number of amides is 1. The highest BCUT2D eigenvalue weighted by molar-refractivity contribution is 7.99. The van der Waals surface area contributed by atoms with Gasteiger partial charge in [-0.25, -0.2) is 0 Å². The summed E-state index contributed by atoms with van der Waals surface area (Å²) in [5.41, 5.74) is 1.02. The Morgan fingerprint density at radius 1 is 0.968 bits per heavy atom. The normalized spacial score (nSPS) is 11.0. The van der Waals surface area contributed by atoms with E-state index in [0.717, 1.165) is 67.2 Å². The summed E-state index contributed by atoms with van der Waals surface area (Å²) in [6.07, 6.45) is 7.13. The number of para-hydroxylation sites is 1. The third-order valence-corrected chi connectivity index (χ3v) is 7.11. The predicted octanol–water partition coefficient (Wildman–Crippen LogP) is 6.96. The first kappa shape index (κ1) is 27.9. The van der Waals surface area contributed by atoms with Crippen LogP contribution in [-0.2, 0) is 14.3 Å². The minimum Gasteiger partial charge on any atom is -0.466 e. The smallest absolute Gasteiger partial charge is 0.305 e. The molecule has 0 fully saturated rings. The van der Waals surface area contributed by atoms with Crippen molar-refractivity contribution in [1.82, 2.24) is 0 Å². The largest absolute Gasteiger partial charge is 0.466 e. The fraction of sp³-hybridized carbons (Fsp3) is 0.680. The third kappa shape index (κ3) is 12.5. The first-order chi connectivity index (χ1) is 15.0. The first-order valence-electron chi connectivity index (χ1n) is 11.8. The summed E-state index contributed by atoms with van der Waals surface area (Å²) < 4.78 is 5.01. The number of rotatable bonds is 17. The van der Waals surface area contributed by atoms with Gasteiger partial charge in [0.15, 0.2) is 0 Å². The van der Waals surface area contributed by atoms with E-state index < -0.39 is 0 Å². The molecular weight excluding hydrogens is 426 g/mol. The molecular formula is C25H41NO3S2. The molecule has 0 bridgehead atoms. The fourth-order valence-corrected chi connectivity index (χ4v) is 5.02. The molecule has 0 aromatic heterocycles. The molecule has 31 heavy (non-hydrogen) atoms. The minimum absolute atomic E-state index is 0.136. The maximum atomic E-state index is 13.1. The molecule has 0 spiro atoms. The van der Waals surface area contributed by atoms with Crippen molar-refractivity contribution in [2.24, 2.45) is 0 Å². The number of nitrogens with zero attached hydrogens (tertiary/aromatic N) is 1. The van der Waals surface area contributed by atoms with Crippen LogP contribution in [0.25, 0.3) is 0 Å². The Morgan fingerprint density at radius 3 is 2.45 bits per heavy atom. The molecule has 0 heterocycles. The zero-order valence-electron chi connectivity index (χ0n) is 19.9. The van der Waals surface area contributed by atoms with Crippen molar-refractivity contribution >= 4 is 41.1 Å². The van der Waals surface area contributed by atoms with Gasteiger partial charge in [-0.1, -0.05) is 45.7 Å². The van der Waals surface area contributed by atoms with Crippen LogP contribution in [0.1, 0.15) is 79.1 Å². The lowest BCUT2D eigenvalue weighted by Gasteiger charge is -2.25. The Bertz CT molecular complexity index is 637. The lowest BCUT2D eigenvalue weighted by molar-refractivity contribution is -0.143. The molecule has 0 atom stereocenters. The predicted molar refractivity (Wildman–Crippen MR) is 136 cm³/mol. The second-order valence-electron chi connectivity index (χ2n) is 7.85. The highest BCUT2D eigenvalue weighted by atomic mass is 32.2. The average molecular weight is 468 g/mol. The summed E-state index contributed by atoms with van der Waals surface area (Å²) in [5.74, 6) is 2.04. The molecule has 4 nitrogen and oxygen atoms in total. The molecule has 0 N–H and O–H groups in total. The van der Waals surface area contributed by atoms with E-state index in [9.17, 15) is 9.59 Å². The van der Waals surface area contributed by atoms with Crippen molar-refractivity contribution in [1.29, 1.82) is 0 Å². The molecule has 0 unspecified atom stereocenters. The van der Waals surface area contributed by atoms with Crippen LogP contribution >= 0.6 is 23.5 Å². The molecule has 6 heteroatoms. The molecule has 1 aromatic carbocycles. The van der Waals surface area contributed by atoms with Crippen molar-refractivity contribution < 1.29 is 14.3 Å². The van der Waals surface area contributed by atoms with Crippen LogP contribution < -0.4 is 4.90 Å². The van der Waals surface area contributed by atoms with Gasteiger partial charge in [-0.15, -0.1) is 11.8 Å². The van der Waals surface area contributed by atoms with E-state index in [1.165, 1.54) is 0 Å².